The van der Waals surface area contributed by atoms with Crippen molar-refractivity contribution in [2.24, 2.45) is 0 Å². The summed E-state index contributed by atoms with van der Waals surface area (Å²) >= 11 is 9.43. The SMILES string of the molecule is CSCC[C@H](C(=O)[O-])N1C(=O)/C(=C\c2ccc(C)s2)SC1=S. The smallest absolute Gasteiger partial charge is 0.266 e. The van der Waals surface area contributed by atoms with E-state index in [0.717, 1.165) is 21.5 Å². The Bertz CT molecular complexity index is 638. The maximum Gasteiger partial charge on any atom is 0.266 e. The van der Waals surface area contributed by atoms with Crippen LogP contribution >= 0.6 is 47.1 Å². The Balaban J connectivity index is 2.23. The van der Waals surface area contributed by atoms with Crippen LogP contribution in [0.2, 0.25) is 0 Å². The number of nitrogens with zero attached hydrogens (tertiary/aromatic N) is 1. The van der Waals surface area contributed by atoms with Gasteiger partial charge in [-0.1, -0.05) is 24.0 Å². The Morgan fingerprint density at radius 2 is 2.27 bits per heavy atom. The van der Waals surface area contributed by atoms with Crippen LogP contribution in [0, 0.1) is 6.92 Å². The van der Waals surface area contributed by atoms with Gasteiger partial charge in [-0.15, -0.1) is 11.3 Å². The summed E-state index contributed by atoms with van der Waals surface area (Å²) in [7, 11) is 0. The van der Waals surface area contributed by atoms with Crippen molar-refractivity contribution < 1.29 is 14.7 Å². The van der Waals surface area contributed by atoms with Crippen molar-refractivity contribution in [1.29, 1.82) is 0 Å². The molecule has 0 unspecified atom stereocenters. The highest BCUT2D eigenvalue weighted by atomic mass is 32.2. The maximum atomic E-state index is 12.5. The molecule has 2 rings (SSSR count). The fraction of sp³-hybridized carbons (Fsp3) is 0.357. The Kier molecular flexibility index (Phi) is 6.08. The van der Waals surface area contributed by atoms with Gasteiger partial charge in [0.2, 0.25) is 0 Å². The number of thioether (sulfide) groups is 2. The van der Waals surface area contributed by atoms with Gasteiger partial charge in [-0.25, -0.2) is 0 Å². The van der Waals surface area contributed by atoms with E-state index in [1.165, 1.54) is 16.7 Å². The molecule has 1 aliphatic heterocycles. The second-order valence-corrected chi connectivity index (χ2v) is 8.60. The highest BCUT2D eigenvalue weighted by molar-refractivity contribution is 8.26. The van der Waals surface area contributed by atoms with Crippen LogP contribution in [-0.2, 0) is 9.59 Å². The summed E-state index contributed by atoms with van der Waals surface area (Å²) < 4.78 is 0.278. The van der Waals surface area contributed by atoms with Gasteiger partial charge in [-0.2, -0.15) is 11.8 Å². The number of carboxylic acids is 1. The van der Waals surface area contributed by atoms with Gasteiger partial charge in [-0.05, 0) is 43.6 Å². The van der Waals surface area contributed by atoms with Gasteiger partial charge in [0.1, 0.15) is 4.32 Å². The number of thiocarbonyl (C=S) groups is 1. The zero-order valence-corrected chi connectivity index (χ0v) is 15.3. The molecule has 0 bridgehead atoms. The van der Waals surface area contributed by atoms with Crippen molar-refractivity contribution in [3.8, 4) is 0 Å². The topological polar surface area (TPSA) is 60.4 Å². The van der Waals surface area contributed by atoms with Crippen molar-refractivity contribution in [1.82, 2.24) is 4.90 Å². The normalized spacial score (nSPS) is 18.3. The summed E-state index contributed by atoms with van der Waals surface area (Å²) in [5.41, 5.74) is 0. The monoisotopic (exact) mass is 372 g/mol. The Labute approximate surface area is 147 Å². The zero-order valence-electron chi connectivity index (χ0n) is 12.0. The minimum atomic E-state index is -1.27. The van der Waals surface area contributed by atoms with Gasteiger partial charge in [0, 0.05) is 9.75 Å². The highest BCUT2D eigenvalue weighted by Crippen LogP contribution is 2.35. The third kappa shape index (κ3) is 3.92. The molecule has 22 heavy (non-hydrogen) atoms. The van der Waals surface area contributed by atoms with E-state index in [2.05, 4.69) is 0 Å². The van der Waals surface area contributed by atoms with Crippen molar-refractivity contribution in [3.63, 3.8) is 0 Å². The largest absolute Gasteiger partial charge is 0.548 e. The van der Waals surface area contributed by atoms with Crippen molar-refractivity contribution in [2.75, 3.05) is 12.0 Å². The van der Waals surface area contributed by atoms with Crippen LogP contribution in [-0.4, -0.2) is 39.1 Å². The van der Waals surface area contributed by atoms with Crippen LogP contribution in [0.4, 0.5) is 0 Å². The molecule has 1 saturated heterocycles. The van der Waals surface area contributed by atoms with E-state index in [1.54, 1.807) is 17.4 Å². The van der Waals surface area contributed by atoms with E-state index < -0.39 is 12.0 Å². The first-order valence-corrected chi connectivity index (χ1v) is 9.91. The zero-order chi connectivity index (χ0) is 16.3. The summed E-state index contributed by atoms with van der Waals surface area (Å²) in [5, 5.41) is 11.4. The molecule has 1 aromatic heterocycles. The number of carboxylic acid groups (broad SMARTS) is 1. The van der Waals surface area contributed by atoms with Gasteiger partial charge >= 0.3 is 0 Å². The number of aryl methyl sites for hydroxylation is 1. The first-order valence-electron chi connectivity index (χ1n) is 6.47. The number of aliphatic carboxylic acids is 1. The standard InChI is InChI=1S/C14H15NO3S4/c1-8-3-4-9(21-8)7-11-12(16)15(14(19)22-11)10(13(17)18)5-6-20-2/h3-4,7,10H,5-6H2,1-2H3,(H,17,18)/p-1/b11-7+/t10-/m1/s1. The number of hydrogen-bond acceptors (Lipinski definition) is 7. The average molecular weight is 373 g/mol. The van der Waals surface area contributed by atoms with Gasteiger partial charge in [0.15, 0.2) is 0 Å². The molecule has 0 aliphatic carbocycles. The minimum Gasteiger partial charge on any atom is -0.548 e. The Morgan fingerprint density at radius 1 is 1.55 bits per heavy atom. The van der Waals surface area contributed by atoms with Crippen molar-refractivity contribution in [2.45, 2.75) is 19.4 Å². The Hall–Kier alpha value is -0.830. The lowest BCUT2D eigenvalue weighted by Crippen LogP contribution is -2.50. The quantitative estimate of drug-likeness (QED) is 0.563. The van der Waals surface area contributed by atoms with E-state index >= 15 is 0 Å². The van der Waals surface area contributed by atoms with Crippen LogP contribution in [0.15, 0.2) is 17.0 Å². The van der Waals surface area contributed by atoms with E-state index in [9.17, 15) is 14.7 Å². The molecule has 0 radical (unpaired) electrons. The molecule has 8 heteroatoms. The lowest BCUT2D eigenvalue weighted by atomic mass is 10.2. The summed E-state index contributed by atoms with van der Waals surface area (Å²) in [6, 6.07) is 2.90. The fourth-order valence-corrected chi connectivity index (χ4v) is 4.69. The predicted octanol–water partition coefficient (Wildman–Crippen LogP) is 2.13. The van der Waals surface area contributed by atoms with E-state index in [1.807, 2.05) is 25.3 Å². The van der Waals surface area contributed by atoms with Gasteiger partial charge < -0.3 is 9.90 Å². The van der Waals surface area contributed by atoms with Crippen LogP contribution in [0.5, 0.6) is 0 Å². The fourth-order valence-electron chi connectivity index (χ4n) is 1.99. The van der Waals surface area contributed by atoms with E-state index in [0.29, 0.717) is 17.1 Å². The van der Waals surface area contributed by atoms with Crippen molar-refractivity contribution >= 4 is 69.4 Å². The number of carbonyl (C=O) groups excluding carboxylic acids is 2. The molecule has 1 fully saturated rings. The molecule has 118 valence electrons. The molecule has 0 saturated carbocycles. The minimum absolute atomic E-state index is 0.278. The van der Waals surface area contributed by atoms with Gasteiger partial charge in [0.25, 0.3) is 5.91 Å². The second-order valence-electron chi connectivity index (χ2n) is 4.62. The molecule has 1 amide bonds. The summed E-state index contributed by atoms with van der Waals surface area (Å²) in [6.07, 6.45) is 3.97. The van der Waals surface area contributed by atoms with Crippen molar-refractivity contribution in [3.05, 3.63) is 26.8 Å². The molecule has 2 heterocycles. The summed E-state index contributed by atoms with van der Waals surface area (Å²) in [5.74, 6) is -0.992. The average Bonchev–Trinajstić information content (AvgIpc) is 2.97. The predicted molar refractivity (Wildman–Crippen MR) is 95.9 cm³/mol. The van der Waals surface area contributed by atoms with Gasteiger partial charge in [0.05, 0.1) is 16.9 Å². The van der Waals surface area contributed by atoms with E-state index in [-0.39, 0.29) is 10.2 Å². The molecular formula is C14H14NO3S4-. The molecule has 1 aliphatic rings. The third-order valence-corrected chi connectivity index (χ3v) is 5.96. The highest BCUT2D eigenvalue weighted by Gasteiger charge is 2.37. The maximum absolute atomic E-state index is 12.5. The molecule has 0 N–H and O–H groups in total. The third-order valence-electron chi connectivity index (χ3n) is 3.04. The van der Waals surface area contributed by atoms with E-state index in [4.69, 9.17) is 12.2 Å². The number of carbonyl (C=O) groups is 2. The van der Waals surface area contributed by atoms with Crippen LogP contribution < -0.4 is 5.11 Å². The molecular weight excluding hydrogens is 358 g/mol. The molecule has 0 aromatic carbocycles. The molecule has 0 spiro atoms. The first-order chi connectivity index (χ1) is 10.4. The lowest BCUT2D eigenvalue weighted by Gasteiger charge is -2.27. The molecule has 1 aromatic rings. The summed E-state index contributed by atoms with van der Waals surface area (Å²) in [6.45, 7) is 1.99. The second kappa shape index (κ2) is 7.63. The number of amides is 1. The Morgan fingerprint density at radius 3 is 2.82 bits per heavy atom. The lowest BCUT2D eigenvalue weighted by molar-refractivity contribution is -0.310. The van der Waals surface area contributed by atoms with Crippen LogP contribution in [0.1, 0.15) is 16.2 Å². The van der Waals surface area contributed by atoms with Crippen LogP contribution in [0.25, 0.3) is 6.08 Å². The number of thiophene rings is 1. The molecule has 4 nitrogen and oxygen atoms in total. The first kappa shape index (κ1) is 17.5. The van der Waals surface area contributed by atoms with Gasteiger partial charge in [-0.3, -0.25) is 9.69 Å². The van der Waals surface area contributed by atoms with Crippen LogP contribution in [0.3, 0.4) is 0 Å². The number of hydrogen-bond donors (Lipinski definition) is 0. The molecule has 1 atom stereocenters. The number of rotatable bonds is 6. The summed E-state index contributed by atoms with van der Waals surface area (Å²) in [4.78, 5) is 27.6.